The Labute approximate surface area is 82.7 Å². The highest BCUT2D eigenvalue weighted by Crippen LogP contribution is 2.35. The van der Waals surface area contributed by atoms with Crippen LogP contribution in [0.25, 0.3) is 0 Å². The van der Waals surface area contributed by atoms with Gasteiger partial charge in [0.1, 0.15) is 0 Å². The lowest BCUT2D eigenvalue weighted by molar-refractivity contribution is 0.642. The largest absolute Gasteiger partial charge is 0.0810 e. The van der Waals surface area contributed by atoms with Crippen LogP contribution >= 0.6 is 0 Å². The summed E-state index contributed by atoms with van der Waals surface area (Å²) in [6.45, 7) is 6.28. The molecule has 13 heavy (non-hydrogen) atoms. The predicted octanol–water partition coefficient (Wildman–Crippen LogP) is 4.62. The minimum Gasteiger partial charge on any atom is -0.0810 e. The third-order valence-electron chi connectivity index (χ3n) is 2.95. The Morgan fingerprint density at radius 1 is 1.00 bits per heavy atom. The zero-order valence-electron chi connectivity index (χ0n) is 9.32. The van der Waals surface area contributed by atoms with Crippen LogP contribution in [0, 0.1) is 0 Å². The van der Waals surface area contributed by atoms with Crippen molar-refractivity contribution in [3.63, 3.8) is 0 Å². The van der Waals surface area contributed by atoms with Crippen molar-refractivity contribution >= 4 is 0 Å². The van der Waals surface area contributed by atoms with E-state index in [0.29, 0.717) is 0 Å². The fourth-order valence-corrected chi connectivity index (χ4v) is 2.31. The average Bonchev–Trinajstić information content (AvgIpc) is 2.22. The molecule has 0 aromatic rings. The summed E-state index contributed by atoms with van der Waals surface area (Å²) in [6, 6.07) is 0. The van der Waals surface area contributed by atoms with Gasteiger partial charge in [-0.05, 0) is 51.0 Å². The van der Waals surface area contributed by atoms with Gasteiger partial charge in [0.15, 0.2) is 0 Å². The molecule has 2 rings (SSSR count). The van der Waals surface area contributed by atoms with Crippen LogP contribution in [-0.4, -0.2) is 0 Å². The second-order valence-electron chi connectivity index (χ2n) is 3.72. The van der Waals surface area contributed by atoms with E-state index >= 15 is 0 Å². The molecule has 0 nitrogen and oxygen atoms in total. The van der Waals surface area contributed by atoms with Gasteiger partial charge in [-0.2, -0.15) is 0 Å². The molecule has 0 spiro atoms. The van der Waals surface area contributed by atoms with Crippen molar-refractivity contribution in [2.75, 3.05) is 0 Å². The Morgan fingerprint density at radius 2 is 1.69 bits per heavy atom. The smallest absolute Gasteiger partial charge is 0.0277 e. The molecule has 0 atom stereocenters. The Kier molecular flexibility index (Phi) is 4.27. The van der Waals surface area contributed by atoms with Gasteiger partial charge in [-0.1, -0.05) is 31.1 Å². The zero-order chi connectivity index (χ0) is 9.68. The van der Waals surface area contributed by atoms with Crippen molar-refractivity contribution in [3.8, 4) is 0 Å². The molecule has 0 radical (unpaired) electrons. The molecular weight excluding hydrogens is 156 g/mol. The van der Waals surface area contributed by atoms with Crippen LogP contribution in [0.1, 0.15) is 59.3 Å². The maximum Gasteiger partial charge on any atom is -0.0277 e. The normalized spacial score (nSPS) is 21.3. The minimum atomic E-state index is 1.30. The summed E-state index contributed by atoms with van der Waals surface area (Å²) in [4.78, 5) is 0. The standard InChI is InChI=1S/C11H16.C2H6/c1-9-5-4-7-10-6-2-3-8-11(9)10;1-2/h5H,2-4,6-8H2,1H3;1-2H3. The van der Waals surface area contributed by atoms with E-state index in [1.54, 1.807) is 16.7 Å². The summed E-state index contributed by atoms with van der Waals surface area (Å²) in [6.07, 6.45) is 10.7. The molecule has 0 fully saturated rings. The van der Waals surface area contributed by atoms with Gasteiger partial charge in [-0.15, -0.1) is 0 Å². The van der Waals surface area contributed by atoms with E-state index < -0.39 is 0 Å². The highest BCUT2D eigenvalue weighted by Gasteiger charge is 2.15. The predicted molar refractivity (Wildman–Crippen MR) is 59.8 cm³/mol. The van der Waals surface area contributed by atoms with Crippen LogP contribution in [0.2, 0.25) is 0 Å². The molecular formula is C13H22. The van der Waals surface area contributed by atoms with Gasteiger partial charge in [0.05, 0.1) is 0 Å². The average molecular weight is 178 g/mol. The van der Waals surface area contributed by atoms with Crippen molar-refractivity contribution in [2.24, 2.45) is 0 Å². The second-order valence-corrected chi connectivity index (χ2v) is 3.72. The van der Waals surface area contributed by atoms with Crippen molar-refractivity contribution in [1.29, 1.82) is 0 Å². The number of hydrogen-bond acceptors (Lipinski definition) is 0. The Bertz CT molecular complexity index is 218. The quantitative estimate of drug-likeness (QED) is 0.507. The fraction of sp³-hybridized carbons (Fsp3) is 0.692. The van der Waals surface area contributed by atoms with Crippen molar-refractivity contribution < 1.29 is 0 Å². The van der Waals surface area contributed by atoms with E-state index in [1.807, 2.05) is 13.8 Å². The van der Waals surface area contributed by atoms with Crippen LogP contribution in [0.4, 0.5) is 0 Å². The van der Waals surface area contributed by atoms with Crippen LogP contribution in [0.5, 0.6) is 0 Å². The van der Waals surface area contributed by atoms with Crippen LogP contribution in [0.15, 0.2) is 22.8 Å². The van der Waals surface area contributed by atoms with E-state index in [1.165, 1.54) is 38.5 Å². The Morgan fingerprint density at radius 3 is 2.38 bits per heavy atom. The van der Waals surface area contributed by atoms with Gasteiger partial charge in [0, 0.05) is 0 Å². The summed E-state index contributed by atoms with van der Waals surface area (Å²) in [5, 5.41) is 0. The molecule has 0 saturated heterocycles. The lowest BCUT2D eigenvalue weighted by atomic mass is 9.82. The van der Waals surface area contributed by atoms with Crippen molar-refractivity contribution in [3.05, 3.63) is 22.8 Å². The lowest BCUT2D eigenvalue weighted by Crippen LogP contribution is -2.04. The van der Waals surface area contributed by atoms with Gasteiger partial charge >= 0.3 is 0 Å². The molecule has 0 heterocycles. The molecule has 2 aliphatic carbocycles. The molecule has 74 valence electrons. The summed E-state index contributed by atoms with van der Waals surface area (Å²) in [5.74, 6) is 0. The first-order valence-corrected chi connectivity index (χ1v) is 5.76. The molecule has 0 heteroatoms. The van der Waals surface area contributed by atoms with Crippen LogP contribution in [-0.2, 0) is 0 Å². The van der Waals surface area contributed by atoms with Gasteiger partial charge in [0.2, 0.25) is 0 Å². The minimum absolute atomic E-state index is 1.30. The molecule has 0 aromatic carbocycles. The first-order chi connectivity index (χ1) is 6.38. The maximum atomic E-state index is 2.41. The van der Waals surface area contributed by atoms with E-state index in [2.05, 4.69) is 13.0 Å². The van der Waals surface area contributed by atoms with Gasteiger partial charge in [-0.25, -0.2) is 0 Å². The summed E-state index contributed by atoms with van der Waals surface area (Å²) >= 11 is 0. The fourth-order valence-electron chi connectivity index (χ4n) is 2.31. The number of allylic oxidation sites excluding steroid dienone is 4. The van der Waals surface area contributed by atoms with E-state index in [-0.39, 0.29) is 0 Å². The first kappa shape index (κ1) is 10.6. The number of rotatable bonds is 0. The van der Waals surface area contributed by atoms with Gasteiger partial charge < -0.3 is 0 Å². The van der Waals surface area contributed by atoms with Crippen LogP contribution in [0.3, 0.4) is 0 Å². The lowest BCUT2D eigenvalue weighted by Gasteiger charge is -2.24. The van der Waals surface area contributed by atoms with Crippen molar-refractivity contribution in [1.82, 2.24) is 0 Å². The number of hydrogen-bond donors (Lipinski definition) is 0. The van der Waals surface area contributed by atoms with Crippen LogP contribution < -0.4 is 0 Å². The summed E-state index contributed by atoms with van der Waals surface area (Å²) in [5.41, 5.74) is 5.06. The summed E-state index contributed by atoms with van der Waals surface area (Å²) < 4.78 is 0. The van der Waals surface area contributed by atoms with Gasteiger partial charge in [0.25, 0.3) is 0 Å². The van der Waals surface area contributed by atoms with Crippen molar-refractivity contribution in [2.45, 2.75) is 59.3 Å². The highest BCUT2D eigenvalue weighted by molar-refractivity contribution is 5.38. The molecule has 0 saturated carbocycles. The van der Waals surface area contributed by atoms with Gasteiger partial charge in [-0.3, -0.25) is 0 Å². The second kappa shape index (κ2) is 5.26. The zero-order valence-corrected chi connectivity index (χ0v) is 9.32. The third kappa shape index (κ3) is 2.46. The first-order valence-electron chi connectivity index (χ1n) is 5.76. The third-order valence-corrected chi connectivity index (χ3v) is 2.95. The molecule has 0 amide bonds. The molecule has 0 N–H and O–H groups in total. The van der Waals surface area contributed by atoms with E-state index in [0.717, 1.165) is 0 Å². The SMILES string of the molecule is CC.CC1=CCCC2=C1CCCC2. The molecule has 0 bridgehead atoms. The monoisotopic (exact) mass is 178 g/mol. The molecule has 0 aromatic heterocycles. The Balaban J connectivity index is 0.000000396. The summed E-state index contributed by atoms with van der Waals surface area (Å²) in [7, 11) is 0. The molecule has 0 unspecified atom stereocenters. The Hall–Kier alpha value is -0.520. The maximum absolute atomic E-state index is 2.41. The topological polar surface area (TPSA) is 0 Å². The van der Waals surface area contributed by atoms with E-state index in [9.17, 15) is 0 Å². The van der Waals surface area contributed by atoms with E-state index in [4.69, 9.17) is 0 Å². The molecule has 2 aliphatic rings. The molecule has 0 aliphatic heterocycles. The highest BCUT2D eigenvalue weighted by atomic mass is 14.2.